The summed E-state index contributed by atoms with van der Waals surface area (Å²) in [7, 11) is 1.23. The lowest BCUT2D eigenvalue weighted by Gasteiger charge is -2.38. The number of non-ortho nitro benzene ring substituents is 1. The molecule has 182 valence electrons. The molecule has 3 rings (SSSR count). The van der Waals surface area contributed by atoms with Crippen LogP contribution in [0, 0.1) is 22.0 Å². The molecule has 3 atom stereocenters. The highest BCUT2D eigenvalue weighted by Crippen LogP contribution is 2.45. The Hall–Kier alpha value is -3.14. The largest absolute Gasteiger partial charge is 0.468 e. The smallest absolute Gasteiger partial charge is 0.336 e. The van der Waals surface area contributed by atoms with Gasteiger partial charge >= 0.3 is 11.9 Å². The van der Waals surface area contributed by atoms with Gasteiger partial charge in [-0.1, -0.05) is 26.0 Å². The van der Waals surface area contributed by atoms with Crippen LogP contribution in [0.1, 0.15) is 38.7 Å². The van der Waals surface area contributed by atoms with Gasteiger partial charge in [0.25, 0.3) is 5.69 Å². The first-order chi connectivity index (χ1) is 16.2. The molecule has 0 saturated carbocycles. The number of hydrogen-bond acceptors (Lipinski definition) is 9. The van der Waals surface area contributed by atoms with Gasteiger partial charge in [-0.3, -0.25) is 19.7 Å². The zero-order valence-electron chi connectivity index (χ0n) is 19.6. The van der Waals surface area contributed by atoms with Crippen molar-refractivity contribution >= 4 is 35.2 Å². The molecule has 0 fully saturated rings. The number of nitro groups is 1. The first kappa shape index (κ1) is 25.5. The first-order valence-electron chi connectivity index (χ1n) is 11.0. The number of nitrogens with zero attached hydrogens (tertiary/aromatic N) is 1. The van der Waals surface area contributed by atoms with Crippen molar-refractivity contribution < 1.29 is 28.8 Å². The van der Waals surface area contributed by atoms with Crippen LogP contribution >= 0.6 is 11.8 Å². The van der Waals surface area contributed by atoms with Crippen LogP contribution in [0.3, 0.4) is 0 Å². The minimum absolute atomic E-state index is 0.163. The van der Waals surface area contributed by atoms with Crippen molar-refractivity contribution in [2.24, 2.45) is 11.8 Å². The molecular weight excluding hydrogens is 460 g/mol. The Labute approximate surface area is 202 Å². The summed E-state index contributed by atoms with van der Waals surface area (Å²) in [4.78, 5) is 50.2. The number of benzene rings is 1. The summed E-state index contributed by atoms with van der Waals surface area (Å²) in [6.45, 7) is 5.70. The van der Waals surface area contributed by atoms with E-state index in [0.717, 1.165) is 5.75 Å². The Bertz CT molecular complexity index is 1080. The lowest BCUT2D eigenvalue weighted by molar-refractivity contribution is -0.384. The quantitative estimate of drug-likeness (QED) is 0.192. The van der Waals surface area contributed by atoms with E-state index >= 15 is 0 Å². The molecule has 1 aromatic rings. The maximum absolute atomic E-state index is 13.6. The van der Waals surface area contributed by atoms with Gasteiger partial charge in [-0.05, 0) is 30.6 Å². The van der Waals surface area contributed by atoms with Gasteiger partial charge in [0.2, 0.25) is 0 Å². The lowest BCUT2D eigenvalue weighted by atomic mass is 9.69. The fourth-order valence-electron chi connectivity index (χ4n) is 4.52. The summed E-state index contributed by atoms with van der Waals surface area (Å²) in [6, 6.07) is 5.85. The van der Waals surface area contributed by atoms with E-state index in [1.165, 1.54) is 25.3 Å². The number of hydrogen-bond donors (Lipinski definition) is 1. The van der Waals surface area contributed by atoms with Crippen LogP contribution in [0.15, 0.2) is 46.8 Å². The third-order valence-electron chi connectivity index (χ3n) is 6.04. The molecule has 0 aromatic heterocycles. The SMILES string of the molecule is CCSCCOC(=O)C1=C(C)NC2=C(C(=O)C(C(=O)OC)C(C)C2)C1c1cccc([N+](=O)[O-])c1. The second-order valence-electron chi connectivity index (χ2n) is 8.22. The van der Waals surface area contributed by atoms with Gasteiger partial charge in [-0.15, -0.1) is 0 Å². The summed E-state index contributed by atoms with van der Waals surface area (Å²) < 4.78 is 10.4. The molecule has 1 aliphatic heterocycles. The first-order valence-corrected chi connectivity index (χ1v) is 12.2. The number of carbonyl (C=O) groups excluding carboxylic acids is 3. The zero-order chi connectivity index (χ0) is 25.0. The van der Waals surface area contributed by atoms with Crippen LogP contribution in [0.5, 0.6) is 0 Å². The number of carbonyl (C=O) groups is 3. The van der Waals surface area contributed by atoms with Gasteiger partial charge in [-0.25, -0.2) is 4.79 Å². The normalized spacial score (nSPS) is 22.1. The standard InChI is InChI=1S/C24H28N2O7S/c1-5-34-10-9-33-24(29)19-14(3)25-17-11-13(2)18(23(28)32-4)22(27)21(17)20(19)15-7-6-8-16(12-15)26(30)31/h6-8,12-13,18,20,25H,5,9-11H2,1-4H3. The molecule has 0 saturated heterocycles. The summed E-state index contributed by atoms with van der Waals surface area (Å²) in [5.41, 5.74) is 1.81. The molecule has 0 spiro atoms. The van der Waals surface area contributed by atoms with Gasteiger partial charge in [-0.2, -0.15) is 11.8 Å². The van der Waals surface area contributed by atoms with E-state index in [4.69, 9.17) is 9.47 Å². The van der Waals surface area contributed by atoms with E-state index in [0.29, 0.717) is 29.1 Å². The average molecular weight is 489 g/mol. The van der Waals surface area contributed by atoms with E-state index < -0.39 is 34.5 Å². The maximum Gasteiger partial charge on any atom is 0.336 e. The van der Waals surface area contributed by atoms with E-state index in [-0.39, 0.29) is 29.4 Å². The van der Waals surface area contributed by atoms with Crippen LogP contribution in [0.25, 0.3) is 0 Å². The Morgan fingerprint density at radius 1 is 1.32 bits per heavy atom. The van der Waals surface area contributed by atoms with Crippen LogP contribution in [-0.2, 0) is 23.9 Å². The number of esters is 2. The summed E-state index contributed by atoms with van der Waals surface area (Å²) in [5.74, 6) is -2.45. The molecule has 10 heteroatoms. The average Bonchev–Trinajstić information content (AvgIpc) is 2.80. The molecule has 34 heavy (non-hydrogen) atoms. The topological polar surface area (TPSA) is 125 Å². The van der Waals surface area contributed by atoms with Crippen molar-refractivity contribution in [1.29, 1.82) is 0 Å². The number of thioether (sulfide) groups is 1. The predicted octanol–water partition coefficient (Wildman–Crippen LogP) is 3.50. The number of methoxy groups -OCH3 is 1. The van der Waals surface area contributed by atoms with Crippen LogP contribution in [0.4, 0.5) is 5.69 Å². The fourth-order valence-corrected chi connectivity index (χ4v) is 5.01. The minimum Gasteiger partial charge on any atom is -0.468 e. The van der Waals surface area contributed by atoms with Gasteiger partial charge in [0, 0.05) is 40.8 Å². The fraction of sp³-hybridized carbons (Fsp3) is 0.458. The van der Waals surface area contributed by atoms with Crippen LogP contribution in [0.2, 0.25) is 0 Å². The van der Waals surface area contributed by atoms with Crippen molar-refractivity contribution in [2.45, 2.75) is 33.1 Å². The zero-order valence-corrected chi connectivity index (χ0v) is 20.4. The number of ketones is 1. The molecule has 2 aliphatic rings. The molecule has 1 aromatic carbocycles. The monoisotopic (exact) mass is 488 g/mol. The van der Waals surface area contributed by atoms with Crippen molar-refractivity contribution in [2.75, 3.05) is 25.2 Å². The maximum atomic E-state index is 13.6. The molecule has 1 N–H and O–H groups in total. The molecule has 9 nitrogen and oxygen atoms in total. The Morgan fingerprint density at radius 3 is 2.71 bits per heavy atom. The number of dihydropyridines is 1. The van der Waals surface area contributed by atoms with Crippen molar-refractivity contribution in [3.63, 3.8) is 0 Å². The molecule has 1 heterocycles. The number of ether oxygens (including phenoxy) is 2. The van der Waals surface area contributed by atoms with Crippen molar-refractivity contribution in [3.8, 4) is 0 Å². The van der Waals surface area contributed by atoms with Crippen LogP contribution < -0.4 is 5.32 Å². The molecule has 0 amide bonds. The molecule has 1 aliphatic carbocycles. The molecule has 3 unspecified atom stereocenters. The van der Waals surface area contributed by atoms with Gasteiger partial charge < -0.3 is 14.8 Å². The van der Waals surface area contributed by atoms with Crippen LogP contribution in [-0.4, -0.2) is 47.9 Å². The molecular formula is C24H28N2O7S. The highest BCUT2D eigenvalue weighted by Gasteiger charge is 2.47. The molecule has 0 radical (unpaired) electrons. The van der Waals surface area contributed by atoms with Gasteiger partial charge in [0.05, 0.1) is 17.6 Å². The van der Waals surface area contributed by atoms with E-state index in [1.807, 2.05) is 6.92 Å². The Kier molecular flexibility index (Phi) is 8.14. The number of Topliss-reactive ketones (excluding diaryl/α,β-unsaturated/α-hetero) is 1. The van der Waals surface area contributed by atoms with Crippen molar-refractivity contribution in [1.82, 2.24) is 5.32 Å². The van der Waals surface area contributed by atoms with E-state index in [1.54, 1.807) is 31.7 Å². The number of nitro benzene ring substituents is 1. The highest BCUT2D eigenvalue weighted by atomic mass is 32.2. The van der Waals surface area contributed by atoms with E-state index in [2.05, 4.69) is 5.32 Å². The summed E-state index contributed by atoms with van der Waals surface area (Å²) >= 11 is 1.63. The Balaban J connectivity index is 2.12. The molecule has 0 bridgehead atoms. The number of nitrogens with one attached hydrogen (secondary N) is 1. The lowest BCUT2D eigenvalue weighted by Crippen LogP contribution is -2.43. The number of rotatable bonds is 8. The third-order valence-corrected chi connectivity index (χ3v) is 6.91. The Morgan fingerprint density at radius 2 is 2.06 bits per heavy atom. The van der Waals surface area contributed by atoms with E-state index in [9.17, 15) is 24.5 Å². The minimum atomic E-state index is -1.02. The highest BCUT2D eigenvalue weighted by molar-refractivity contribution is 7.99. The van der Waals surface area contributed by atoms with Crippen molar-refractivity contribution in [3.05, 3.63) is 62.5 Å². The number of allylic oxidation sites excluding steroid dienone is 3. The second-order valence-corrected chi connectivity index (χ2v) is 9.61. The van der Waals surface area contributed by atoms with Gasteiger partial charge in [0.15, 0.2) is 5.78 Å². The van der Waals surface area contributed by atoms with Gasteiger partial charge in [0.1, 0.15) is 12.5 Å². The third kappa shape index (κ3) is 5.01. The summed E-state index contributed by atoms with van der Waals surface area (Å²) in [5, 5.41) is 14.6. The summed E-state index contributed by atoms with van der Waals surface area (Å²) in [6.07, 6.45) is 0.388. The predicted molar refractivity (Wildman–Crippen MR) is 127 cm³/mol. The second kappa shape index (κ2) is 10.9.